The van der Waals surface area contributed by atoms with Gasteiger partial charge in [0.1, 0.15) is 5.82 Å². The zero-order valence-corrected chi connectivity index (χ0v) is 13.3. The monoisotopic (exact) mass is 339 g/mol. The van der Waals surface area contributed by atoms with Gasteiger partial charge in [0, 0.05) is 22.9 Å². The lowest BCUT2D eigenvalue weighted by Gasteiger charge is -2.03. The Kier molecular flexibility index (Phi) is 3.41. The summed E-state index contributed by atoms with van der Waals surface area (Å²) in [6.45, 7) is 1.76. The van der Waals surface area contributed by atoms with E-state index in [4.69, 9.17) is 11.6 Å². The molecule has 2 heterocycles. The van der Waals surface area contributed by atoms with E-state index in [0.717, 1.165) is 12.3 Å². The topological polar surface area (TPSA) is 75.7 Å². The molecule has 0 radical (unpaired) electrons. The number of aromatic nitrogens is 3. The summed E-state index contributed by atoms with van der Waals surface area (Å²) < 4.78 is 37.6. The lowest BCUT2D eigenvalue weighted by molar-refractivity contribution is 0.598. The van der Waals surface area contributed by atoms with E-state index >= 15 is 0 Å². The normalized spacial score (nSPS) is 12.0. The van der Waals surface area contributed by atoms with Gasteiger partial charge in [-0.25, -0.2) is 12.8 Å². The Hall–Kier alpha value is -1.99. The number of nitrogens with zero attached hydrogens (tertiary/aromatic N) is 2. The van der Waals surface area contributed by atoms with E-state index < -0.39 is 15.7 Å². The fourth-order valence-corrected chi connectivity index (χ4v) is 3.10. The maximum absolute atomic E-state index is 14.2. The van der Waals surface area contributed by atoms with Crippen molar-refractivity contribution >= 4 is 32.3 Å². The van der Waals surface area contributed by atoms with Crippen LogP contribution in [-0.4, -0.2) is 29.9 Å². The average molecular weight is 340 g/mol. The summed E-state index contributed by atoms with van der Waals surface area (Å²) >= 11 is 5.72. The van der Waals surface area contributed by atoms with Crippen LogP contribution < -0.4 is 0 Å². The van der Waals surface area contributed by atoms with Gasteiger partial charge in [0.2, 0.25) is 0 Å². The molecule has 8 heteroatoms. The molecular formula is C14H11ClFN3O2S. The molecule has 0 aliphatic heterocycles. The number of sulfone groups is 1. The summed E-state index contributed by atoms with van der Waals surface area (Å²) in [5, 5.41) is 8.42. The standard InChI is InChI=1S/C14H11ClFN3O2S/c1-7-13(11-3-4-12(15)19-18-11)9-5-8(22(2,20)21)6-10(16)14(9)17-7/h3-6,17H,1-2H3. The highest BCUT2D eigenvalue weighted by Crippen LogP contribution is 2.34. The first-order chi connectivity index (χ1) is 10.3. The first-order valence-corrected chi connectivity index (χ1v) is 8.56. The number of aryl methyl sites for hydroxylation is 1. The minimum Gasteiger partial charge on any atom is -0.356 e. The third-order valence-electron chi connectivity index (χ3n) is 3.34. The molecule has 0 fully saturated rings. The quantitative estimate of drug-likeness (QED) is 0.778. The fraction of sp³-hybridized carbons (Fsp3) is 0.143. The Morgan fingerprint density at radius 3 is 2.55 bits per heavy atom. The molecule has 5 nitrogen and oxygen atoms in total. The Balaban J connectivity index is 2.37. The van der Waals surface area contributed by atoms with E-state index in [1.54, 1.807) is 19.1 Å². The summed E-state index contributed by atoms with van der Waals surface area (Å²) in [6.07, 6.45) is 1.04. The number of aromatic amines is 1. The second kappa shape index (κ2) is 5.03. The van der Waals surface area contributed by atoms with Gasteiger partial charge in [-0.2, -0.15) is 0 Å². The van der Waals surface area contributed by atoms with Crippen LogP contribution >= 0.6 is 11.6 Å². The molecule has 0 atom stereocenters. The van der Waals surface area contributed by atoms with Crippen LogP contribution in [0.2, 0.25) is 5.15 Å². The van der Waals surface area contributed by atoms with Gasteiger partial charge >= 0.3 is 0 Å². The number of fused-ring (bicyclic) bond motifs is 1. The molecule has 1 N–H and O–H groups in total. The highest BCUT2D eigenvalue weighted by molar-refractivity contribution is 7.90. The van der Waals surface area contributed by atoms with E-state index in [-0.39, 0.29) is 15.6 Å². The third kappa shape index (κ3) is 2.46. The van der Waals surface area contributed by atoms with Gasteiger partial charge in [-0.3, -0.25) is 0 Å². The van der Waals surface area contributed by atoms with Crippen molar-refractivity contribution in [2.24, 2.45) is 0 Å². The highest BCUT2D eigenvalue weighted by Gasteiger charge is 2.19. The molecule has 0 saturated heterocycles. The van der Waals surface area contributed by atoms with Crippen molar-refractivity contribution in [3.05, 3.63) is 40.9 Å². The molecule has 0 spiro atoms. The summed E-state index contributed by atoms with van der Waals surface area (Å²) in [5.41, 5.74) is 1.98. The molecular weight excluding hydrogens is 329 g/mol. The summed E-state index contributed by atoms with van der Waals surface area (Å²) in [6, 6.07) is 5.66. The van der Waals surface area contributed by atoms with Crippen molar-refractivity contribution < 1.29 is 12.8 Å². The molecule has 0 amide bonds. The van der Waals surface area contributed by atoms with Crippen LogP contribution in [0.15, 0.2) is 29.2 Å². The van der Waals surface area contributed by atoms with Gasteiger partial charge in [-0.05, 0) is 31.2 Å². The fourth-order valence-electron chi connectivity index (χ4n) is 2.35. The minimum atomic E-state index is -3.52. The van der Waals surface area contributed by atoms with Crippen molar-refractivity contribution in [2.75, 3.05) is 6.26 Å². The third-order valence-corrected chi connectivity index (χ3v) is 4.63. The second-order valence-electron chi connectivity index (χ2n) is 4.97. The molecule has 3 aromatic rings. The molecule has 0 saturated carbocycles. The van der Waals surface area contributed by atoms with Gasteiger partial charge in [0.25, 0.3) is 0 Å². The molecule has 2 aromatic heterocycles. The van der Waals surface area contributed by atoms with E-state index in [2.05, 4.69) is 15.2 Å². The SMILES string of the molecule is Cc1[nH]c2c(F)cc(S(C)(=O)=O)cc2c1-c1ccc(Cl)nn1. The largest absolute Gasteiger partial charge is 0.356 e. The van der Waals surface area contributed by atoms with Crippen LogP contribution in [0.4, 0.5) is 4.39 Å². The Labute approximate surface area is 131 Å². The minimum absolute atomic E-state index is 0.0836. The Morgan fingerprint density at radius 1 is 1.23 bits per heavy atom. The van der Waals surface area contributed by atoms with E-state index in [0.29, 0.717) is 22.3 Å². The first-order valence-electron chi connectivity index (χ1n) is 6.29. The first kappa shape index (κ1) is 14.9. The molecule has 0 aliphatic carbocycles. The number of hydrogen-bond acceptors (Lipinski definition) is 4. The predicted molar refractivity (Wildman–Crippen MR) is 82.1 cm³/mol. The molecule has 22 heavy (non-hydrogen) atoms. The van der Waals surface area contributed by atoms with Crippen molar-refractivity contribution in [2.45, 2.75) is 11.8 Å². The number of benzene rings is 1. The van der Waals surface area contributed by atoms with Crippen molar-refractivity contribution in [3.63, 3.8) is 0 Å². The molecule has 0 bridgehead atoms. The number of nitrogens with one attached hydrogen (secondary N) is 1. The van der Waals surface area contributed by atoms with Gasteiger partial charge < -0.3 is 4.98 Å². The number of H-pyrrole nitrogens is 1. The smallest absolute Gasteiger partial charge is 0.175 e. The van der Waals surface area contributed by atoms with Gasteiger partial charge in [0.05, 0.1) is 16.1 Å². The van der Waals surface area contributed by atoms with E-state index in [1.807, 2.05) is 0 Å². The number of halogens is 2. The molecule has 114 valence electrons. The maximum Gasteiger partial charge on any atom is 0.175 e. The van der Waals surface area contributed by atoms with Crippen molar-refractivity contribution in [3.8, 4) is 11.3 Å². The Bertz CT molecular complexity index is 981. The van der Waals surface area contributed by atoms with E-state index in [9.17, 15) is 12.8 Å². The summed E-state index contributed by atoms with van der Waals surface area (Å²) in [7, 11) is -3.52. The lowest BCUT2D eigenvalue weighted by Crippen LogP contribution is -1.98. The summed E-state index contributed by atoms with van der Waals surface area (Å²) in [4.78, 5) is 2.83. The predicted octanol–water partition coefficient (Wildman–Crippen LogP) is 3.13. The van der Waals surface area contributed by atoms with Crippen LogP contribution in [0.3, 0.4) is 0 Å². The van der Waals surface area contributed by atoms with Crippen LogP contribution in [0, 0.1) is 12.7 Å². The van der Waals surface area contributed by atoms with Crippen molar-refractivity contribution in [1.82, 2.24) is 15.2 Å². The van der Waals surface area contributed by atoms with Crippen LogP contribution in [0.1, 0.15) is 5.69 Å². The molecule has 1 aromatic carbocycles. The average Bonchev–Trinajstić information content (AvgIpc) is 2.76. The van der Waals surface area contributed by atoms with Crippen LogP contribution in [0.5, 0.6) is 0 Å². The molecule has 0 aliphatic rings. The zero-order chi connectivity index (χ0) is 16.1. The van der Waals surface area contributed by atoms with Gasteiger partial charge in [0.15, 0.2) is 15.0 Å². The van der Waals surface area contributed by atoms with Crippen LogP contribution in [-0.2, 0) is 9.84 Å². The lowest BCUT2D eigenvalue weighted by atomic mass is 10.1. The summed E-state index contributed by atoms with van der Waals surface area (Å²) in [5.74, 6) is -0.630. The zero-order valence-electron chi connectivity index (χ0n) is 11.7. The van der Waals surface area contributed by atoms with Crippen LogP contribution in [0.25, 0.3) is 22.2 Å². The molecule has 0 unspecified atom stereocenters. The van der Waals surface area contributed by atoms with Crippen molar-refractivity contribution in [1.29, 1.82) is 0 Å². The van der Waals surface area contributed by atoms with Gasteiger partial charge in [-0.1, -0.05) is 11.6 Å². The van der Waals surface area contributed by atoms with E-state index in [1.165, 1.54) is 6.07 Å². The number of hydrogen-bond donors (Lipinski definition) is 1. The van der Waals surface area contributed by atoms with Gasteiger partial charge in [-0.15, -0.1) is 10.2 Å². The Morgan fingerprint density at radius 2 is 1.95 bits per heavy atom. The second-order valence-corrected chi connectivity index (χ2v) is 7.37. The maximum atomic E-state index is 14.2. The number of rotatable bonds is 2. The molecule has 3 rings (SSSR count). The highest BCUT2D eigenvalue weighted by atomic mass is 35.5.